The standard InChI is InChI=1S/C39H60BN3O9/c1-23-24(16-17-40-51-30-19-25-18-29(38(25,8)9)39(30,10)52-40)14-15-28(32(23)34(46)49-36(2,3)4)48-26-21-42(22-26)33(45)27(20-31(44)43(11,12)13)41-35(47)50-37(5,6)7/h14-15,25-27,29-30H,16-22H2,1-13H3/p+1/t25-,27+,29-,30+,39-/m0/s1. The molecule has 6 rings (SSSR count). The van der Waals surface area contributed by atoms with Gasteiger partial charge in [0.15, 0.2) is 0 Å². The molecular weight excluding hydrogens is 665 g/mol. The molecule has 0 radical (unpaired) electrons. The number of hydrogen-bond acceptors (Lipinski definition) is 9. The van der Waals surface area contributed by atoms with Gasteiger partial charge < -0.3 is 33.7 Å². The average Bonchev–Trinajstić information content (AvgIpc) is 3.31. The van der Waals surface area contributed by atoms with Gasteiger partial charge in [0, 0.05) is 0 Å². The van der Waals surface area contributed by atoms with E-state index >= 15 is 0 Å². The molecule has 3 saturated carbocycles. The lowest BCUT2D eigenvalue weighted by atomic mass is 9.43. The second-order valence-electron chi connectivity index (χ2n) is 19.0. The van der Waals surface area contributed by atoms with E-state index in [0.717, 1.165) is 17.5 Å². The predicted octanol–water partition coefficient (Wildman–Crippen LogP) is 5.33. The molecule has 5 fully saturated rings. The summed E-state index contributed by atoms with van der Waals surface area (Å²) in [6.07, 6.45) is 2.27. The lowest BCUT2D eigenvalue weighted by molar-refractivity contribution is -0.792. The van der Waals surface area contributed by atoms with Gasteiger partial charge in [0.1, 0.15) is 34.7 Å². The zero-order chi connectivity index (χ0) is 38.8. The number of amides is 3. The van der Waals surface area contributed by atoms with Crippen molar-refractivity contribution < 1.29 is 47.2 Å². The second kappa shape index (κ2) is 13.9. The first-order valence-corrected chi connectivity index (χ1v) is 18.8. The molecule has 3 aliphatic carbocycles. The van der Waals surface area contributed by atoms with Gasteiger partial charge in [-0.1, -0.05) is 19.9 Å². The minimum Gasteiger partial charge on any atom is -0.486 e. The van der Waals surface area contributed by atoms with Gasteiger partial charge in [0.2, 0.25) is 5.91 Å². The van der Waals surface area contributed by atoms with Crippen LogP contribution in [0, 0.1) is 24.2 Å². The Kier molecular flexibility index (Phi) is 10.7. The SMILES string of the molecule is Cc1c(CCB2O[C@@H]3C[C@@H]4C[C@@H](C4(C)C)[C@]3(C)O2)ccc(OC2CN(C(=O)[C@@H](CC(=O)[N+](C)(C)C)NC(=O)OC(C)(C)C)C2)c1C(=O)OC(C)(C)C. The Bertz CT molecular complexity index is 1570. The number of aryl methyl sites for hydroxylation is 1. The van der Waals surface area contributed by atoms with Crippen LogP contribution < -0.4 is 10.1 Å². The van der Waals surface area contributed by atoms with Gasteiger partial charge in [-0.15, -0.1) is 0 Å². The first-order chi connectivity index (χ1) is 23.8. The molecular formula is C39H61BN3O9+. The fraction of sp³-hybridized carbons (Fsp3) is 0.744. The van der Waals surface area contributed by atoms with Crippen molar-refractivity contribution in [3.05, 3.63) is 28.8 Å². The molecule has 0 unspecified atom stereocenters. The summed E-state index contributed by atoms with van der Waals surface area (Å²) in [5, 5.41) is 2.60. The lowest BCUT2D eigenvalue weighted by Gasteiger charge is -2.64. The molecule has 2 bridgehead atoms. The summed E-state index contributed by atoms with van der Waals surface area (Å²) < 4.78 is 30.7. The van der Waals surface area contributed by atoms with Crippen LogP contribution in [0.3, 0.4) is 0 Å². The zero-order valence-corrected chi connectivity index (χ0v) is 33.6. The van der Waals surface area contributed by atoms with E-state index in [9.17, 15) is 19.2 Å². The summed E-state index contributed by atoms with van der Waals surface area (Å²) in [6.45, 7) is 19.9. The van der Waals surface area contributed by atoms with E-state index in [1.165, 1.54) is 11.3 Å². The third-order valence-corrected chi connectivity index (χ3v) is 11.4. The number of quaternary nitrogens is 1. The van der Waals surface area contributed by atoms with E-state index in [1.54, 1.807) is 48.0 Å². The number of nitrogens with zero attached hydrogens (tertiary/aromatic N) is 2. The summed E-state index contributed by atoms with van der Waals surface area (Å²) in [5.41, 5.74) is 0.602. The average molecular weight is 727 g/mol. The monoisotopic (exact) mass is 726 g/mol. The van der Waals surface area contributed by atoms with Crippen molar-refractivity contribution in [3.8, 4) is 5.75 Å². The van der Waals surface area contributed by atoms with Crippen LogP contribution in [0.5, 0.6) is 5.75 Å². The molecule has 2 aliphatic heterocycles. The van der Waals surface area contributed by atoms with Crippen molar-refractivity contribution in [1.82, 2.24) is 10.2 Å². The molecule has 52 heavy (non-hydrogen) atoms. The van der Waals surface area contributed by atoms with E-state index < -0.39 is 41.3 Å². The second-order valence-corrected chi connectivity index (χ2v) is 19.0. The van der Waals surface area contributed by atoms with Crippen LogP contribution in [-0.2, 0) is 34.8 Å². The summed E-state index contributed by atoms with van der Waals surface area (Å²) in [7, 11) is 4.83. The van der Waals surface area contributed by atoms with Gasteiger partial charge >= 0.3 is 25.1 Å². The number of nitrogens with one attached hydrogen (secondary N) is 1. The van der Waals surface area contributed by atoms with Crippen molar-refractivity contribution in [2.24, 2.45) is 17.3 Å². The van der Waals surface area contributed by atoms with Crippen LogP contribution in [0.2, 0.25) is 6.32 Å². The third-order valence-electron chi connectivity index (χ3n) is 11.4. The molecule has 0 aromatic heterocycles. The van der Waals surface area contributed by atoms with Gasteiger partial charge in [-0.25, -0.2) is 14.4 Å². The number of alkyl carbamates (subject to hydrolysis) is 1. The van der Waals surface area contributed by atoms with Gasteiger partial charge in [0.05, 0.1) is 52.4 Å². The molecule has 2 heterocycles. The number of ether oxygens (including phenoxy) is 3. The number of hydrogen-bond donors (Lipinski definition) is 1. The number of carbonyl (C=O) groups excluding carboxylic acids is 4. The number of benzene rings is 1. The Morgan fingerprint density at radius 2 is 1.63 bits per heavy atom. The minimum absolute atomic E-state index is 0.00582. The largest absolute Gasteiger partial charge is 0.486 e. The van der Waals surface area contributed by atoms with Crippen LogP contribution in [-0.4, -0.2) is 110 Å². The Morgan fingerprint density at radius 3 is 2.21 bits per heavy atom. The Balaban J connectivity index is 1.26. The molecule has 13 heteroatoms. The highest BCUT2D eigenvalue weighted by Gasteiger charge is 2.67. The van der Waals surface area contributed by atoms with Gasteiger partial charge in [-0.05, 0) is 115 Å². The van der Waals surface area contributed by atoms with Gasteiger partial charge in [-0.3, -0.25) is 9.28 Å². The molecule has 5 aliphatic rings. The molecule has 5 atom stereocenters. The fourth-order valence-electron chi connectivity index (χ4n) is 8.22. The fourth-order valence-corrected chi connectivity index (χ4v) is 8.22. The smallest absolute Gasteiger partial charge is 0.457 e. The predicted molar refractivity (Wildman–Crippen MR) is 197 cm³/mol. The van der Waals surface area contributed by atoms with Crippen molar-refractivity contribution in [1.29, 1.82) is 0 Å². The number of carbonyl (C=O) groups is 4. The van der Waals surface area contributed by atoms with E-state index in [0.29, 0.717) is 35.9 Å². The van der Waals surface area contributed by atoms with Crippen molar-refractivity contribution >= 4 is 31.0 Å². The number of esters is 1. The van der Waals surface area contributed by atoms with E-state index in [1.807, 2.05) is 33.8 Å². The van der Waals surface area contributed by atoms with E-state index in [4.69, 9.17) is 23.5 Å². The van der Waals surface area contributed by atoms with E-state index in [-0.39, 0.29) is 54.1 Å². The number of likely N-dealkylation sites (tertiary alicyclic amines) is 1. The van der Waals surface area contributed by atoms with Gasteiger partial charge in [-0.2, -0.15) is 0 Å². The normalized spacial score (nSPS) is 26.1. The van der Waals surface area contributed by atoms with E-state index in [2.05, 4.69) is 26.1 Å². The van der Waals surface area contributed by atoms with Crippen LogP contribution in [0.1, 0.15) is 103 Å². The first kappa shape index (κ1) is 40.0. The summed E-state index contributed by atoms with van der Waals surface area (Å²) >= 11 is 0. The molecule has 12 nitrogen and oxygen atoms in total. The van der Waals surface area contributed by atoms with Crippen LogP contribution in [0.15, 0.2) is 12.1 Å². The maximum absolute atomic E-state index is 13.7. The van der Waals surface area contributed by atoms with Gasteiger partial charge in [0.25, 0.3) is 0 Å². The third kappa shape index (κ3) is 8.47. The summed E-state index contributed by atoms with van der Waals surface area (Å²) in [4.78, 5) is 54.3. The number of rotatable bonds is 10. The van der Waals surface area contributed by atoms with Crippen LogP contribution >= 0.6 is 0 Å². The van der Waals surface area contributed by atoms with Crippen LogP contribution in [0.25, 0.3) is 0 Å². The summed E-state index contributed by atoms with van der Waals surface area (Å²) in [6, 6.07) is 2.67. The maximum atomic E-state index is 13.7. The first-order valence-electron chi connectivity index (χ1n) is 18.8. The molecule has 3 amide bonds. The molecule has 288 valence electrons. The highest BCUT2D eigenvalue weighted by atomic mass is 16.7. The molecule has 1 aromatic carbocycles. The van der Waals surface area contributed by atoms with Crippen molar-refractivity contribution in [2.75, 3.05) is 34.2 Å². The molecule has 1 aromatic rings. The molecule has 2 saturated heterocycles. The molecule has 0 spiro atoms. The highest BCUT2D eigenvalue weighted by molar-refractivity contribution is 6.45. The lowest BCUT2D eigenvalue weighted by Crippen LogP contribution is -2.65. The Morgan fingerprint density at radius 1 is 1.00 bits per heavy atom. The Labute approximate surface area is 310 Å². The van der Waals surface area contributed by atoms with Crippen molar-refractivity contribution in [2.45, 2.75) is 136 Å². The topological polar surface area (TPSA) is 130 Å². The Hall–Kier alpha value is -3.16. The van der Waals surface area contributed by atoms with Crippen LogP contribution in [0.4, 0.5) is 4.79 Å². The molecule has 1 N–H and O–H groups in total. The van der Waals surface area contributed by atoms with Crippen molar-refractivity contribution in [3.63, 3.8) is 0 Å². The summed E-state index contributed by atoms with van der Waals surface area (Å²) in [5.74, 6) is 0.434. The maximum Gasteiger partial charge on any atom is 0.457 e. The zero-order valence-electron chi connectivity index (χ0n) is 33.6. The minimum atomic E-state index is -1.10. The quantitative estimate of drug-likeness (QED) is 0.193. The highest BCUT2D eigenvalue weighted by Crippen LogP contribution is 2.65.